The van der Waals surface area contributed by atoms with E-state index in [4.69, 9.17) is 4.98 Å². The van der Waals surface area contributed by atoms with Crippen molar-refractivity contribution in [3.8, 4) is 0 Å². The van der Waals surface area contributed by atoms with Gasteiger partial charge in [0, 0.05) is 70.0 Å². The van der Waals surface area contributed by atoms with E-state index in [0.717, 1.165) is 49.4 Å². The van der Waals surface area contributed by atoms with E-state index in [-0.39, 0.29) is 27.1 Å². The fourth-order valence-electron chi connectivity index (χ4n) is 9.95. The lowest BCUT2D eigenvalue weighted by Gasteiger charge is -2.25. The number of pyridine rings is 1. The maximum Gasteiger partial charge on any atom is 0.128 e. The van der Waals surface area contributed by atoms with Crippen LogP contribution in [0, 0.1) is 62.3 Å². The van der Waals surface area contributed by atoms with Crippen molar-refractivity contribution in [1.82, 2.24) is 39.5 Å². The first-order chi connectivity index (χ1) is 30.3. The fourth-order valence-corrected chi connectivity index (χ4v) is 11.0. The van der Waals surface area contributed by atoms with Crippen LogP contribution in [0.1, 0.15) is 239 Å². The molecule has 0 radical (unpaired) electrons. The highest BCUT2D eigenvalue weighted by molar-refractivity contribution is 7.11. The Morgan fingerprint density at radius 2 is 0.881 bits per heavy atom. The molecule has 0 spiro atoms. The van der Waals surface area contributed by atoms with Crippen molar-refractivity contribution >= 4 is 11.3 Å². The van der Waals surface area contributed by atoms with Gasteiger partial charge in [-0.1, -0.05) is 132 Å². The average molecular weight is 942 g/mol. The van der Waals surface area contributed by atoms with E-state index in [0.29, 0.717) is 0 Å². The number of hydrogen-bond donors (Lipinski definition) is 0. The van der Waals surface area contributed by atoms with Crippen molar-refractivity contribution in [1.29, 1.82) is 0 Å². The minimum absolute atomic E-state index is 0.139. The largest absolute Gasteiger partial charge is 0.272 e. The Bertz CT molecular complexity index is 2260. The number of thiazole rings is 1. The molecule has 0 N–H and O–H groups in total. The Balaban J connectivity index is 0.000000420. The van der Waals surface area contributed by atoms with Crippen LogP contribution >= 0.6 is 11.3 Å². The Morgan fingerprint density at radius 1 is 0.418 bits per heavy atom. The Labute approximate surface area is 416 Å². The van der Waals surface area contributed by atoms with E-state index < -0.39 is 0 Å². The second-order valence-corrected chi connectivity index (χ2v) is 24.6. The first-order valence-corrected chi connectivity index (χ1v) is 26.0. The lowest BCUT2D eigenvalue weighted by molar-refractivity contribution is 0.519. The van der Waals surface area contributed by atoms with Gasteiger partial charge >= 0.3 is 0 Å². The highest BCUT2D eigenvalue weighted by Gasteiger charge is 2.26. The predicted molar refractivity (Wildman–Crippen MR) is 293 cm³/mol. The van der Waals surface area contributed by atoms with Crippen LogP contribution < -0.4 is 0 Å². The number of aromatic nitrogens is 8. The normalized spacial score (nSPS) is 12.0. The minimum Gasteiger partial charge on any atom is -0.272 e. The van der Waals surface area contributed by atoms with Crippen molar-refractivity contribution in [3.05, 3.63) is 100 Å². The summed E-state index contributed by atoms with van der Waals surface area (Å²) in [6, 6.07) is 0. The summed E-state index contributed by atoms with van der Waals surface area (Å²) in [7, 11) is 2.03. The average Bonchev–Trinajstić information content (AvgIpc) is 3.81. The van der Waals surface area contributed by atoms with Gasteiger partial charge in [0.2, 0.25) is 0 Å². The lowest BCUT2D eigenvalue weighted by atomic mass is 9.81. The van der Waals surface area contributed by atoms with E-state index in [9.17, 15) is 0 Å². The predicted octanol–water partition coefficient (Wildman–Crippen LogP) is 15.5. The summed E-state index contributed by atoms with van der Waals surface area (Å²) in [5, 5.41) is 10.3. The standard InChI is InChI=1S/C14H23N.C12H20N2.2C11H20N2.C10H17NS/c1-8-12-9(2)10(3)13(11(4)15-12)14(5,6)7;1-7-10-13-8(2)11(9(3)14-10)12(4,5)6;1-7-9-8(2)10(11(3,4)5)13(6)12-9;1-7-13-9(3)10(8(2)12-13)11(4,5)6;1-6-8-11-7(2)9(12-8)10(3,4)5/h8H2,1-7H3;7H2,1-6H3;2*7H2,1-6H3;6H2,1-5H3. The van der Waals surface area contributed by atoms with E-state index in [1.807, 2.05) is 23.1 Å². The topological polar surface area (TPSA) is 87.2 Å². The molecular formula is C58H100N8S. The summed E-state index contributed by atoms with van der Waals surface area (Å²) in [5.41, 5.74) is 20.2. The van der Waals surface area contributed by atoms with Crippen molar-refractivity contribution in [2.24, 2.45) is 7.05 Å². The molecule has 0 aliphatic rings. The molecule has 0 aliphatic heterocycles. The maximum atomic E-state index is 4.72. The van der Waals surface area contributed by atoms with Gasteiger partial charge in [-0.15, -0.1) is 11.3 Å². The van der Waals surface area contributed by atoms with Gasteiger partial charge in [-0.2, -0.15) is 10.2 Å². The molecule has 0 aromatic carbocycles. The number of rotatable bonds is 5. The summed E-state index contributed by atoms with van der Waals surface area (Å²) >= 11 is 1.86. The summed E-state index contributed by atoms with van der Waals surface area (Å²) in [6.07, 6.45) is 4.02. The van der Waals surface area contributed by atoms with Crippen LogP contribution in [-0.4, -0.2) is 39.5 Å². The van der Waals surface area contributed by atoms with Crippen LogP contribution in [0.4, 0.5) is 0 Å². The SMILES string of the molecule is CCc1nc(C)c(C(C)(C)C)c(C)c1C.CCc1nc(C)c(C(C)(C)C)c(C)n1.CCc1nc(C)c(C(C)(C)C)s1.CCc1nn(C)c(C(C)(C)C)c1C.CCn1nc(C)c(C(C)(C)C)c1C. The zero-order chi connectivity index (χ0) is 52.5. The Morgan fingerprint density at radius 3 is 1.16 bits per heavy atom. The summed E-state index contributed by atoms with van der Waals surface area (Å²) in [5.74, 6) is 0.952. The van der Waals surface area contributed by atoms with Crippen molar-refractivity contribution in [2.45, 2.75) is 260 Å². The maximum absolute atomic E-state index is 4.72. The monoisotopic (exact) mass is 941 g/mol. The van der Waals surface area contributed by atoms with Crippen molar-refractivity contribution in [2.75, 3.05) is 0 Å². The zero-order valence-corrected chi connectivity index (χ0v) is 49.8. The van der Waals surface area contributed by atoms with Gasteiger partial charge in [0.05, 0.1) is 22.1 Å². The van der Waals surface area contributed by atoms with Gasteiger partial charge in [-0.05, 0) is 138 Å². The molecule has 5 heterocycles. The molecule has 0 saturated heterocycles. The molecule has 0 bridgehead atoms. The minimum atomic E-state index is 0.139. The molecule has 378 valence electrons. The Hall–Kier alpha value is -3.72. The highest BCUT2D eigenvalue weighted by atomic mass is 32.1. The van der Waals surface area contributed by atoms with Crippen LogP contribution in [0.5, 0.6) is 0 Å². The van der Waals surface area contributed by atoms with Gasteiger partial charge < -0.3 is 0 Å². The highest BCUT2D eigenvalue weighted by Crippen LogP contribution is 2.33. The van der Waals surface area contributed by atoms with Crippen LogP contribution in [0.2, 0.25) is 0 Å². The van der Waals surface area contributed by atoms with Crippen LogP contribution in [0.25, 0.3) is 0 Å². The van der Waals surface area contributed by atoms with Crippen molar-refractivity contribution in [3.63, 3.8) is 0 Å². The quantitative estimate of drug-likeness (QED) is 0.174. The van der Waals surface area contributed by atoms with Gasteiger partial charge in [0.1, 0.15) is 5.82 Å². The number of aryl methyl sites for hydroxylation is 11. The molecule has 8 nitrogen and oxygen atoms in total. The summed E-state index contributed by atoms with van der Waals surface area (Å²) < 4.78 is 4.10. The molecule has 0 amide bonds. The van der Waals surface area contributed by atoms with Crippen LogP contribution in [0.15, 0.2) is 0 Å². The second kappa shape index (κ2) is 24.2. The van der Waals surface area contributed by atoms with Crippen LogP contribution in [-0.2, 0) is 66.4 Å². The van der Waals surface area contributed by atoms with Gasteiger partial charge in [-0.25, -0.2) is 15.0 Å². The van der Waals surface area contributed by atoms with Gasteiger partial charge in [-0.3, -0.25) is 14.3 Å². The molecule has 0 unspecified atom stereocenters. The summed E-state index contributed by atoms with van der Waals surface area (Å²) in [6.45, 7) is 64.4. The van der Waals surface area contributed by atoms with Gasteiger partial charge in [0.25, 0.3) is 0 Å². The number of nitrogens with zero attached hydrogens (tertiary/aromatic N) is 8. The van der Waals surface area contributed by atoms with Gasteiger partial charge in [0.15, 0.2) is 0 Å². The third kappa shape index (κ3) is 16.7. The molecule has 0 aliphatic carbocycles. The Kier molecular flexibility index (Phi) is 22.2. The molecule has 0 saturated carbocycles. The van der Waals surface area contributed by atoms with E-state index in [2.05, 4.69) is 231 Å². The molecule has 5 rings (SSSR count). The van der Waals surface area contributed by atoms with E-state index >= 15 is 0 Å². The lowest BCUT2D eigenvalue weighted by Crippen LogP contribution is -2.18. The summed E-state index contributed by atoms with van der Waals surface area (Å²) in [4.78, 5) is 19.7. The van der Waals surface area contributed by atoms with Crippen LogP contribution in [0.3, 0.4) is 0 Å². The molecule has 5 aromatic heterocycles. The molecule has 0 atom stereocenters. The van der Waals surface area contributed by atoms with E-state index in [1.165, 1.54) is 83.1 Å². The third-order valence-corrected chi connectivity index (χ3v) is 13.9. The zero-order valence-electron chi connectivity index (χ0n) is 49.0. The molecule has 9 heteroatoms. The van der Waals surface area contributed by atoms with Crippen molar-refractivity contribution < 1.29 is 0 Å². The first-order valence-electron chi connectivity index (χ1n) is 25.2. The molecule has 5 aromatic rings. The molecule has 67 heavy (non-hydrogen) atoms. The first kappa shape index (κ1) is 61.3. The molecule has 0 fully saturated rings. The smallest absolute Gasteiger partial charge is 0.128 e. The number of hydrogen-bond acceptors (Lipinski definition) is 7. The third-order valence-electron chi connectivity index (χ3n) is 12.2. The second-order valence-electron chi connectivity index (χ2n) is 23.5. The van der Waals surface area contributed by atoms with E-state index in [1.54, 1.807) is 0 Å². The molecular weight excluding hydrogens is 841 g/mol. The fraction of sp³-hybridized carbons (Fsp3) is 0.690.